The summed E-state index contributed by atoms with van der Waals surface area (Å²) in [7, 11) is 1.34. The van der Waals surface area contributed by atoms with Crippen molar-refractivity contribution in [2.24, 2.45) is 5.73 Å². The van der Waals surface area contributed by atoms with Crippen LogP contribution in [0.1, 0.15) is 31.0 Å². The van der Waals surface area contributed by atoms with E-state index in [1.54, 1.807) is 0 Å². The molecule has 0 aliphatic carbocycles. The predicted molar refractivity (Wildman–Crippen MR) is 84.8 cm³/mol. The fourth-order valence-corrected chi connectivity index (χ4v) is 3.77. The molecule has 1 spiro atoms. The van der Waals surface area contributed by atoms with Crippen molar-refractivity contribution in [1.82, 2.24) is 15.1 Å². The molecule has 3 N–H and O–H groups in total. The van der Waals surface area contributed by atoms with Gasteiger partial charge in [0.05, 0.1) is 30.2 Å². The zero-order valence-electron chi connectivity index (χ0n) is 13.9. The summed E-state index contributed by atoms with van der Waals surface area (Å²) in [6.45, 7) is 4.58. The number of carbonyl (C=O) groups is 1. The van der Waals surface area contributed by atoms with Gasteiger partial charge in [0, 0.05) is 6.54 Å². The van der Waals surface area contributed by atoms with Crippen LogP contribution in [0.2, 0.25) is 0 Å². The number of piperidine rings is 1. The summed E-state index contributed by atoms with van der Waals surface area (Å²) in [6.07, 6.45) is 1.74. The standard InChI is InChI=1S/C16H21N5O3/c1-3-21-6-4-5-16(9-21)10(8-17)14(18)24-15-13(16)11(19-20-15)7-12(22)23-2/h3-7,9,18H2,1-2H3,(H,19,20). The van der Waals surface area contributed by atoms with Crippen molar-refractivity contribution in [2.75, 3.05) is 26.7 Å². The Hall–Kier alpha value is -2.53. The number of nitriles is 1. The number of rotatable bonds is 3. The van der Waals surface area contributed by atoms with Gasteiger partial charge in [-0.2, -0.15) is 5.26 Å². The molecule has 0 radical (unpaired) electrons. The Morgan fingerprint density at radius 3 is 3.08 bits per heavy atom. The summed E-state index contributed by atoms with van der Waals surface area (Å²) in [5.41, 5.74) is 7.20. The van der Waals surface area contributed by atoms with Crippen LogP contribution in [0, 0.1) is 11.3 Å². The average Bonchev–Trinajstić information content (AvgIpc) is 2.98. The van der Waals surface area contributed by atoms with Crippen LogP contribution < -0.4 is 10.5 Å². The highest BCUT2D eigenvalue weighted by atomic mass is 16.5. The van der Waals surface area contributed by atoms with Crippen molar-refractivity contribution in [3.8, 4) is 11.9 Å². The lowest BCUT2D eigenvalue weighted by Gasteiger charge is -2.44. The Balaban J connectivity index is 2.14. The predicted octanol–water partition coefficient (Wildman–Crippen LogP) is 0.565. The third-order valence-electron chi connectivity index (χ3n) is 4.90. The van der Waals surface area contributed by atoms with Crippen LogP contribution in [0.3, 0.4) is 0 Å². The van der Waals surface area contributed by atoms with E-state index in [4.69, 9.17) is 15.2 Å². The van der Waals surface area contributed by atoms with Gasteiger partial charge in [-0.3, -0.25) is 9.89 Å². The number of likely N-dealkylation sites (tertiary alicyclic amines) is 1. The highest BCUT2D eigenvalue weighted by molar-refractivity contribution is 5.73. The number of aromatic nitrogens is 2. The van der Waals surface area contributed by atoms with Gasteiger partial charge in [0.25, 0.3) is 0 Å². The molecule has 1 atom stereocenters. The van der Waals surface area contributed by atoms with Gasteiger partial charge in [-0.1, -0.05) is 6.92 Å². The number of hydrogen-bond donors (Lipinski definition) is 2. The minimum absolute atomic E-state index is 0.0503. The summed E-state index contributed by atoms with van der Waals surface area (Å²) in [4.78, 5) is 14.0. The van der Waals surface area contributed by atoms with Crippen LogP contribution in [-0.2, 0) is 21.4 Å². The molecule has 0 bridgehead atoms. The van der Waals surface area contributed by atoms with Gasteiger partial charge in [-0.05, 0) is 25.9 Å². The summed E-state index contributed by atoms with van der Waals surface area (Å²) in [6, 6.07) is 2.23. The first-order chi connectivity index (χ1) is 11.6. The van der Waals surface area contributed by atoms with E-state index in [1.165, 1.54) is 7.11 Å². The van der Waals surface area contributed by atoms with Gasteiger partial charge in [-0.15, -0.1) is 5.10 Å². The van der Waals surface area contributed by atoms with Crippen molar-refractivity contribution in [2.45, 2.75) is 31.6 Å². The maximum absolute atomic E-state index is 11.7. The van der Waals surface area contributed by atoms with E-state index in [9.17, 15) is 10.1 Å². The van der Waals surface area contributed by atoms with E-state index < -0.39 is 5.41 Å². The molecule has 24 heavy (non-hydrogen) atoms. The van der Waals surface area contributed by atoms with Crippen molar-refractivity contribution in [1.29, 1.82) is 5.26 Å². The third-order valence-corrected chi connectivity index (χ3v) is 4.90. The Morgan fingerprint density at radius 2 is 2.42 bits per heavy atom. The molecule has 8 nitrogen and oxygen atoms in total. The van der Waals surface area contributed by atoms with Crippen molar-refractivity contribution >= 4 is 5.97 Å². The van der Waals surface area contributed by atoms with Gasteiger partial charge in [-0.25, -0.2) is 0 Å². The smallest absolute Gasteiger partial charge is 0.311 e. The second-order valence-electron chi connectivity index (χ2n) is 6.14. The van der Waals surface area contributed by atoms with E-state index in [2.05, 4.69) is 28.1 Å². The van der Waals surface area contributed by atoms with Crippen molar-refractivity contribution < 1.29 is 14.3 Å². The number of nitrogens with zero attached hydrogens (tertiary/aromatic N) is 3. The molecule has 1 aromatic rings. The largest absolute Gasteiger partial charge is 0.469 e. The highest BCUT2D eigenvalue weighted by Crippen LogP contribution is 2.48. The molecule has 1 aromatic heterocycles. The van der Waals surface area contributed by atoms with E-state index in [0.717, 1.165) is 31.5 Å². The molecule has 128 valence electrons. The maximum Gasteiger partial charge on any atom is 0.311 e. The lowest BCUT2D eigenvalue weighted by molar-refractivity contribution is -0.139. The van der Waals surface area contributed by atoms with Crippen LogP contribution >= 0.6 is 0 Å². The first kappa shape index (κ1) is 16.3. The number of nitrogens with one attached hydrogen (secondary N) is 1. The van der Waals surface area contributed by atoms with Gasteiger partial charge >= 0.3 is 5.97 Å². The highest BCUT2D eigenvalue weighted by Gasteiger charge is 2.49. The van der Waals surface area contributed by atoms with Crippen LogP contribution in [0.4, 0.5) is 0 Å². The molecule has 0 saturated carbocycles. The summed E-state index contributed by atoms with van der Waals surface area (Å²) >= 11 is 0. The Kier molecular flexibility index (Phi) is 4.20. The Morgan fingerprint density at radius 1 is 1.62 bits per heavy atom. The van der Waals surface area contributed by atoms with Gasteiger partial charge in [0.2, 0.25) is 11.8 Å². The Bertz CT molecular complexity index is 733. The van der Waals surface area contributed by atoms with E-state index >= 15 is 0 Å². The zero-order valence-corrected chi connectivity index (χ0v) is 13.9. The maximum atomic E-state index is 11.7. The molecule has 0 aromatic carbocycles. The van der Waals surface area contributed by atoms with Crippen LogP contribution in [0.15, 0.2) is 11.5 Å². The molecular weight excluding hydrogens is 310 g/mol. The van der Waals surface area contributed by atoms with Crippen LogP contribution in [-0.4, -0.2) is 47.8 Å². The average molecular weight is 331 g/mol. The topological polar surface area (TPSA) is 117 Å². The number of nitrogens with two attached hydrogens (primary N) is 1. The van der Waals surface area contributed by atoms with Crippen molar-refractivity contribution in [3.63, 3.8) is 0 Å². The molecule has 0 amide bonds. The van der Waals surface area contributed by atoms with E-state index in [1.807, 2.05) is 0 Å². The molecule has 1 unspecified atom stereocenters. The summed E-state index contributed by atoms with van der Waals surface area (Å²) in [5, 5.41) is 16.7. The first-order valence-electron chi connectivity index (χ1n) is 8.00. The van der Waals surface area contributed by atoms with Gasteiger partial charge in [0.15, 0.2) is 0 Å². The fourth-order valence-electron chi connectivity index (χ4n) is 3.77. The fraction of sp³-hybridized carbons (Fsp3) is 0.562. The molecule has 3 heterocycles. The second-order valence-corrected chi connectivity index (χ2v) is 6.14. The monoisotopic (exact) mass is 331 g/mol. The second kappa shape index (κ2) is 6.17. The molecule has 2 aliphatic heterocycles. The summed E-state index contributed by atoms with van der Waals surface area (Å²) < 4.78 is 10.3. The SMILES string of the molecule is CCN1CCCC2(C1)C(C#N)=C(N)Oc1n[nH]c(CC(=O)OC)c12. The number of aromatic amines is 1. The van der Waals surface area contributed by atoms with Gasteiger partial charge < -0.3 is 20.1 Å². The van der Waals surface area contributed by atoms with Crippen molar-refractivity contribution in [3.05, 3.63) is 22.7 Å². The quantitative estimate of drug-likeness (QED) is 0.777. The number of likely N-dealkylation sites (N-methyl/N-ethyl adjacent to an activating group) is 1. The lowest BCUT2D eigenvalue weighted by atomic mass is 9.68. The number of ether oxygens (including phenoxy) is 2. The van der Waals surface area contributed by atoms with Crippen LogP contribution in [0.25, 0.3) is 0 Å². The third kappa shape index (κ3) is 2.41. The number of methoxy groups -OCH3 is 1. The Labute approximate surface area is 140 Å². The minimum atomic E-state index is -0.600. The number of carbonyl (C=O) groups excluding carboxylic acids is 1. The first-order valence-corrected chi connectivity index (χ1v) is 8.00. The number of H-pyrrole nitrogens is 1. The van der Waals surface area contributed by atoms with Gasteiger partial charge in [0.1, 0.15) is 11.6 Å². The van der Waals surface area contributed by atoms with E-state index in [-0.39, 0.29) is 18.3 Å². The molecule has 2 aliphatic rings. The minimum Gasteiger partial charge on any atom is -0.469 e. The molecule has 8 heteroatoms. The molecular formula is C16H21N5O3. The number of hydrogen-bond acceptors (Lipinski definition) is 7. The van der Waals surface area contributed by atoms with E-state index in [0.29, 0.717) is 23.7 Å². The molecule has 1 saturated heterocycles. The zero-order chi connectivity index (χ0) is 17.3. The van der Waals surface area contributed by atoms with Crippen LogP contribution in [0.5, 0.6) is 5.88 Å². The number of fused-ring (bicyclic) bond motifs is 2. The lowest BCUT2D eigenvalue weighted by Crippen LogP contribution is -2.49. The molecule has 1 fully saturated rings. The normalized spacial score (nSPS) is 23.5. The number of esters is 1. The molecule has 3 rings (SSSR count). The summed E-state index contributed by atoms with van der Waals surface area (Å²) in [5.74, 6) is 0.0724.